The van der Waals surface area contributed by atoms with Gasteiger partial charge in [0, 0.05) is 15.7 Å². The molecule has 0 spiro atoms. The van der Waals surface area contributed by atoms with Gasteiger partial charge in [0.25, 0.3) is 0 Å². The summed E-state index contributed by atoms with van der Waals surface area (Å²) in [5.74, 6) is 0. The number of aliphatic hydroxyl groups is 1. The molecule has 90 valence electrons. The zero-order chi connectivity index (χ0) is 12.4. The van der Waals surface area contributed by atoms with Gasteiger partial charge in [-0.15, -0.1) is 0 Å². The predicted octanol–water partition coefficient (Wildman–Crippen LogP) is 2.80. The Morgan fingerprint density at radius 2 is 1.88 bits per heavy atom. The van der Waals surface area contributed by atoms with Crippen LogP contribution < -0.4 is 0 Å². The van der Waals surface area contributed by atoms with E-state index >= 15 is 0 Å². The average Bonchev–Trinajstić information content (AvgIpc) is 2.57. The van der Waals surface area contributed by atoms with Crippen molar-refractivity contribution in [2.75, 3.05) is 0 Å². The molecule has 0 saturated heterocycles. The second kappa shape index (κ2) is 5.02. The third-order valence-corrected chi connectivity index (χ3v) is 3.46. The Balaban J connectivity index is 2.27. The van der Waals surface area contributed by atoms with E-state index in [9.17, 15) is 5.11 Å². The second-order valence-electron chi connectivity index (χ2n) is 4.09. The molecule has 1 heterocycles. The number of rotatable bonds is 3. The predicted molar refractivity (Wildman–Crippen MR) is 70.9 cm³/mol. The average molecular weight is 295 g/mol. The fourth-order valence-electron chi connectivity index (χ4n) is 1.88. The summed E-state index contributed by atoms with van der Waals surface area (Å²) in [6.07, 6.45) is 0. The van der Waals surface area contributed by atoms with Gasteiger partial charge >= 0.3 is 0 Å². The Morgan fingerprint density at radius 1 is 1.24 bits per heavy atom. The van der Waals surface area contributed by atoms with Gasteiger partial charge in [0.2, 0.25) is 0 Å². The van der Waals surface area contributed by atoms with Gasteiger partial charge in [0.15, 0.2) is 0 Å². The quantitative estimate of drug-likeness (QED) is 0.945. The molecule has 0 aliphatic carbocycles. The van der Waals surface area contributed by atoms with Gasteiger partial charge in [-0.2, -0.15) is 5.10 Å². The number of halogens is 1. The fourth-order valence-corrected chi connectivity index (χ4v) is 2.14. The maximum absolute atomic E-state index is 9.26. The molecule has 0 aliphatic heterocycles. The summed E-state index contributed by atoms with van der Waals surface area (Å²) in [7, 11) is 0. The Labute approximate surface area is 109 Å². The Hall–Kier alpha value is -1.13. The summed E-state index contributed by atoms with van der Waals surface area (Å²) in [6, 6.07) is 8.18. The van der Waals surface area contributed by atoms with Crippen molar-refractivity contribution in [3.05, 3.63) is 51.3 Å². The first-order chi connectivity index (χ1) is 8.11. The van der Waals surface area contributed by atoms with Crippen molar-refractivity contribution >= 4 is 15.9 Å². The van der Waals surface area contributed by atoms with Crippen LogP contribution >= 0.6 is 15.9 Å². The topological polar surface area (TPSA) is 38.0 Å². The first-order valence-corrected chi connectivity index (χ1v) is 6.29. The second-order valence-corrected chi connectivity index (χ2v) is 5.01. The zero-order valence-electron chi connectivity index (χ0n) is 9.94. The maximum Gasteiger partial charge on any atom is 0.0718 e. The number of nitrogens with zero attached hydrogens (tertiary/aromatic N) is 2. The lowest BCUT2D eigenvalue weighted by molar-refractivity contribution is 0.280. The molecule has 2 aromatic rings. The molecule has 2 rings (SSSR count). The van der Waals surface area contributed by atoms with E-state index in [0.717, 1.165) is 28.0 Å². The van der Waals surface area contributed by atoms with Gasteiger partial charge < -0.3 is 5.11 Å². The molecule has 0 radical (unpaired) electrons. The lowest BCUT2D eigenvalue weighted by Gasteiger charge is -2.05. The largest absolute Gasteiger partial charge is 0.392 e. The first-order valence-electron chi connectivity index (χ1n) is 5.50. The van der Waals surface area contributed by atoms with Crippen molar-refractivity contribution in [3.63, 3.8) is 0 Å². The molecule has 0 aliphatic rings. The highest BCUT2D eigenvalue weighted by atomic mass is 79.9. The van der Waals surface area contributed by atoms with E-state index in [4.69, 9.17) is 0 Å². The molecule has 4 heteroatoms. The summed E-state index contributed by atoms with van der Waals surface area (Å²) in [6.45, 7) is 4.71. The van der Waals surface area contributed by atoms with Crippen molar-refractivity contribution in [1.82, 2.24) is 9.78 Å². The number of hydrogen-bond acceptors (Lipinski definition) is 2. The van der Waals surface area contributed by atoms with Crippen LogP contribution in [-0.2, 0) is 13.2 Å². The van der Waals surface area contributed by atoms with Crippen molar-refractivity contribution in [2.24, 2.45) is 0 Å². The van der Waals surface area contributed by atoms with Crippen LogP contribution in [0.3, 0.4) is 0 Å². The summed E-state index contributed by atoms with van der Waals surface area (Å²) in [4.78, 5) is 0. The lowest BCUT2D eigenvalue weighted by Crippen LogP contribution is -2.04. The molecule has 17 heavy (non-hydrogen) atoms. The number of aliphatic hydroxyl groups excluding tert-OH is 1. The smallest absolute Gasteiger partial charge is 0.0718 e. The molecule has 0 amide bonds. The molecule has 1 aromatic heterocycles. The maximum atomic E-state index is 9.26. The van der Waals surface area contributed by atoms with Crippen LogP contribution in [0.1, 0.15) is 22.5 Å². The Morgan fingerprint density at radius 3 is 2.41 bits per heavy atom. The van der Waals surface area contributed by atoms with Crippen LogP contribution in [0.25, 0.3) is 0 Å². The van der Waals surface area contributed by atoms with Gasteiger partial charge in [-0.3, -0.25) is 4.68 Å². The zero-order valence-corrected chi connectivity index (χ0v) is 11.5. The van der Waals surface area contributed by atoms with Gasteiger partial charge in [0.1, 0.15) is 0 Å². The van der Waals surface area contributed by atoms with Crippen LogP contribution in [0.5, 0.6) is 0 Å². The van der Waals surface area contributed by atoms with Gasteiger partial charge in [-0.05, 0) is 31.5 Å². The highest BCUT2D eigenvalue weighted by Gasteiger charge is 2.10. The minimum atomic E-state index is 0.0536. The highest BCUT2D eigenvalue weighted by molar-refractivity contribution is 9.10. The van der Waals surface area contributed by atoms with E-state index in [1.165, 1.54) is 5.56 Å². The molecule has 0 fully saturated rings. The summed E-state index contributed by atoms with van der Waals surface area (Å²) >= 11 is 3.42. The molecule has 3 nitrogen and oxygen atoms in total. The van der Waals surface area contributed by atoms with Gasteiger partial charge in [0.05, 0.1) is 18.8 Å². The molecular formula is C13H15BrN2O. The van der Waals surface area contributed by atoms with Crippen LogP contribution in [0.2, 0.25) is 0 Å². The van der Waals surface area contributed by atoms with E-state index in [1.54, 1.807) is 0 Å². The van der Waals surface area contributed by atoms with Crippen molar-refractivity contribution in [2.45, 2.75) is 27.0 Å². The van der Waals surface area contributed by atoms with E-state index in [-0.39, 0.29) is 6.61 Å². The van der Waals surface area contributed by atoms with Crippen LogP contribution in [0.15, 0.2) is 28.7 Å². The molecule has 1 aromatic carbocycles. The molecule has 0 unspecified atom stereocenters. The van der Waals surface area contributed by atoms with Crippen LogP contribution in [-0.4, -0.2) is 14.9 Å². The fraction of sp³-hybridized carbons (Fsp3) is 0.308. The Kier molecular flexibility index (Phi) is 3.64. The number of hydrogen-bond donors (Lipinski definition) is 1. The van der Waals surface area contributed by atoms with E-state index < -0.39 is 0 Å². The van der Waals surface area contributed by atoms with E-state index in [1.807, 2.05) is 30.7 Å². The highest BCUT2D eigenvalue weighted by Crippen LogP contribution is 2.16. The standard InChI is InChI=1S/C13H15BrN2O/c1-9-13(8-17)10(2)16(15-9)7-11-3-5-12(14)6-4-11/h3-6,17H,7-8H2,1-2H3. The van der Waals surface area contributed by atoms with Crippen molar-refractivity contribution < 1.29 is 5.11 Å². The Bertz CT molecular complexity index is 517. The van der Waals surface area contributed by atoms with Gasteiger partial charge in [-0.25, -0.2) is 0 Å². The lowest BCUT2D eigenvalue weighted by atomic mass is 10.2. The van der Waals surface area contributed by atoms with Crippen LogP contribution in [0, 0.1) is 13.8 Å². The molecule has 1 N–H and O–H groups in total. The van der Waals surface area contributed by atoms with E-state index in [2.05, 4.69) is 33.2 Å². The number of benzene rings is 1. The molecule has 0 saturated carbocycles. The van der Waals surface area contributed by atoms with Gasteiger partial charge in [-0.1, -0.05) is 28.1 Å². The third-order valence-electron chi connectivity index (χ3n) is 2.94. The number of aromatic nitrogens is 2. The van der Waals surface area contributed by atoms with Crippen LogP contribution in [0.4, 0.5) is 0 Å². The van der Waals surface area contributed by atoms with E-state index in [0.29, 0.717) is 0 Å². The van der Waals surface area contributed by atoms with Crippen molar-refractivity contribution in [3.8, 4) is 0 Å². The summed E-state index contributed by atoms with van der Waals surface area (Å²) in [5.41, 5.74) is 4.07. The van der Waals surface area contributed by atoms with Crippen molar-refractivity contribution in [1.29, 1.82) is 0 Å². The monoisotopic (exact) mass is 294 g/mol. The summed E-state index contributed by atoms with van der Waals surface area (Å²) < 4.78 is 3.01. The third kappa shape index (κ3) is 2.58. The molecular weight excluding hydrogens is 280 g/mol. The minimum absolute atomic E-state index is 0.0536. The molecule has 0 atom stereocenters. The number of aryl methyl sites for hydroxylation is 1. The normalized spacial score (nSPS) is 10.8. The molecule has 0 bridgehead atoms. The SMILES string of the molecule is Cc1nn(Cc2ccc(Br)cc2)c(C)c1CO. The minimum Gasteiger partial charge on any atom is -0.392 e. The summed E-state index contributed by atoms with van der Waals surface area (Å²) in [5, 5.41) is 13.7. The first kappa shape index (κ1) is 12.3.